The summed E-state index contributed by atoms with van der Waals surface area (Å²) in [5, 5.41) is 19.0. The van der Waals surface area contributed by atoms with Gasteiger partial charge in [-0.1, -0.05) is 69.9 Å². The van der Waals surface area contributed by atoms with Gasteiger partial charge in [-0.3, -0.25) is 14.4 Å². The van der Waals surface area contributed by atoms with Crippen LogP contribution in [0.2, 0.25) is 0 Å². The van der Waals surface area contributed by atoms with Crippen LogP contribution in [0.4, 0.5) is 0 Å². The lowest BCUT2D eigenvalue weighted by atomic mass is 9.73. The predicted molar refractivity (Wildman–Crippen MR) is 108 cm³/mol. The molecule has 0 saturated heterocycles. The van der Waals surface area contributed by atoms with Crippen LogP contribution in [0, 0.1) is 17.3 Å². The minimum atomic E-state index is -0.970. The summed E-state index contributed by atoms with van der Waals surface area (Å²) in [6, 6.07) is 9.18. The minimum Gasteiger partial charge on any atom is -0.481 e. The van der Waals surface area contributed by atoms with Gasteiger partial charge in [0.15, 0.2) is 0 Å². The van der Waals surface area contributed by atoms with Crippen LogP contribution >= 0.6 is 0 Å². The monoisotopic (exact) mass is 404 g/mol. The van der Waals surface area contributed by atoms with E-state index in [1.54, 1.807) is 0 Å². The summed E-state index contributed by atoms with van der Waals surface area (Å²) in [5.74, 6) is -3.87. The maximum Gasteiger partial charge on any atom is 0.310 e. The summed E-state index contributed by atoms with van der Waals surface area (Å²) in [7, 11) is 0. The molecule has 0 amide bonds. The number of hydrogen-bond donors (Lipinski definition) is 2. The van der Waals surface area contributed by atoms with E-state index in [2.05, 4.69) is 0 Å². The summed E-state index contributed by atoms with van der Waals surface area (Å²) in [6.07, 6.45) is 3.96. The van der Waals surface area contributed by atoms with Crippen molar-refractivity contribution in [2.45, 2.75) is 71.3 Å². The summed E-state index contributed by atoms with van der Waals surface area (Å²) in [6.45, 7) is 3.88. The number of hydrogen-bond acceptors (Lipinski definition) is 4. The zero-order chi connectivity index (χ0) is 21.4. The van der Waals surface area contributed by atoms with Gasteiger partial charge >= 0.3 is 17.9 Å². The van der Waals surface area contributed by atoms with Crippen LogP contribution in [-0.2, 0) is 19.1 Å². The molecular formula is C23H32O6. The van der Waals surface area contributed by atoms with Crippen LogP contribution in [0.1, 0.15) is 76.9 Å². The second-order valence-corrected chi connectivity index (χ2v) is 8.39. The first-order chi connectivity index (χ1) is 13.8. The average Bonchev–Trinajstić information content (AvgIpc) is 2.70. The molecule has 6 heteroatoms. The Bertz CT molecular complexity index is 701. The molecule has 1 aliphatic carbocycles. The van der Waals surface area contributed by atoms with Crippen LogP contribution in [0.25, 0.3) is 0 Å². The van der Waals surface area contributed by atoms with Crippen molar-refractivity contribution in [2.24, 2.45) is 17.3 Å². The van der Waals surface area contributed by atoms with Crippen molar-refractivity contribution in [3.63, 3.8) is 0 Å². The third-order valence-electron chi connectivity index (χ3n) is 6.01. The Balaban J connectivity index is 2.35. The maximum absolute atomic E-state index is 13.1. The van der Waals surface area contributed by atoms with Gasteiger partial charge < -0.3 is 14.9 Å². The fraction of sp³-hybridized carbons (Fsp3) is 0.609. The maximum atomic E-state index is 13.1. The topological polar surface area (TPSA) is 101 Å². The summed E-state index contributed by atoms with van der Waals surface area (Å²) in [4.78, 5) is 36.3. The first kappa shape index (κ1) is 22.9. The largest absolute Gasteiger partial charge is 0.481 e. The number of ether oxygens (including phenoxy) is 1. The highest BCUT2D eigenvalue weighted by atomic mass is 16.5. The average molecular weight is 405 g/mol. The zero-order valence-corrected chi connectivity index (χ0v) is 17.3. The van der Waals surface area contributed by atoms with E-state index < -0.39 is 41.3 Å². The normalized spacial score (nSPS) is 22.3. The predicted octanol–water partition coefficient (Wildman–Crippen LogP) is 4.83. The Morgan fingerprint density at radius 2 is 1.72 bits per heavy atom. The number of carbonyl (C=O) groups excluding carboxylic acids is 1. The standard InChI is InChI=1S/C23H32O6/c1-3-4-14-23(2,15-19(24)25)20(16-10-6-5-7-11-16)29-22(28)18-13-9-8-12-17(18)21(26)27/h5-7,10-11,17-18,20H,3-4,8-9,12-15H2,1-2H3,(H,24,25)(H,26,27). The lowest BCUT2D eigenvalue weighted by Gasteiger charge is -2.38. The number of carbonyl (C=O) groups is 3. The number of carboxylic acid groups (broad SMARTS) is 2. The summed E-state index contributed by atoms with van der Waals surface area (Å²) >= 11 is 0. The molecule has 1 saturated carbocycles. The molecule has 29 heavy (non-hydrogen) atoms. The van der Waals surface area contributed by atoms with E-state index in [-0.39, 0.29) is 6.42 Å². The Hall–Kier alpha value is -2.37. The Morgan fingerprint density at radius 3 is 2.28 bits per heavy atom. The van der Waals surface area contributed by atoms with E-state index in [0.29, 0.717) is 19.3 Å². The Morgan fingerprint density at radius 1 is 1.10 bits per heavy atom. The van der Waals surface area contributed by atoms with Crippen molar-refractivity contribution in [1.82, 2.24) is 0 Å². The number of benzene rings is 1. The molecule has 4 unspecified atom stereocenters. The molecule has 2 rings (SSSR count). The van der Waals surface area contributed by atoms with Crippen molar-refractivity contribution in [1.29, 1.82) is 0 Å². The first-order valence-corrected chi connectivity index (χ1v) is 10.5. The molecule has 1 aromatic rings. The third-order valence-corrected chi connectivity index (χ3v) is 6.01. The number of esters is 1. The number of rotatable bonds is 10. The molecule has 4 atom stereocenters. The van der Waals surface area contributed by atoms with Gasteiger partial charge in [0.25, 0.3) is 0 Å². The molecule has 1 fully saturated rings. The van der Waals surface area contributed by atoms with Gasteiger partial charge in [0, 0.05) is 5.41 Å². The van der Waals surface area contributed by atoms with E-state index in [9.17, 15) is 24.6 Å². The molecule has 0 heterocycles. The van der Waals surface area contributed by atoms with E-state index in [4.69, 9.17) is 4.74 Å². The number of aliphatic carboxylic acids is 2. The quantitative estimate of drug-likeness (QED) is 0.542. The van der Waals surface area contributed by atoms with Crippen LogP contribution in [-0.4, -0.2) is 28.1 Å². The van der Waals surface area contributed by atoms with Crippen molar-refractivity contribution in [3.8, 4) is 0 Å². The molecule has 160 valence electrons. The van der Waals surface area contributed by atoms with Crippen molar-refractivity contribution in [2.75, 3.05) is 0 Å². The SMILES string of the molecule is CCCCC(C)(CC(=O)O)C(OC(=O)C1CCCCC1C(=O)O)c1ccccc1. The highest BCUT2D eigenvalue weighted by Crippen LogP contribution is 2.45. The van der Waals surface area contributed by atoms with E-state index >= 15 is 0 Å². The lowest BCUT2D eigenvalue weighted by Crippen LogP contribution is -2.38. The molecule has 0 bridgehead atoms. The van der Waals surface area contributed by atoms with Crippen LogP contribution < -0.4 is 0 Å². The van der Waals surface area contributed by atoms with Gasteiger partial charge in [0.2, 0.25) is 0 Å². The van der Waals surface area contributed by atoms with E-state index in [1.807, 2.05) is 44.2 Å². The van der Waals surface area contributed by atoms with E-state index in [1.165, 1.54) is 0 Å². The summed E-state index contributed by atoms with van der Waals surface area (Å²) < 4.78 is 5.95. The van der Waals surface area contributed by atoms with Gasteiger partial charge in [-0.05, 0) is 24.8 Å². The highest BCUT2D eigenvalue weighted by molar-refractivity contribution is 5.81. The molecule has 0 spiro atoms. The fourth-order valence-electron chi connectivity index (χ4n) is 4.39. The number of unbranched alkanes of at least 4 members (excludes halogenated alkanes) is 1. The second-order valence-electron chi connectivity index (χ2n) is 8.39. The van der Waals surface area contributed by atoms with Crippen LogP contribution in [0.5, 0.6) is 0 Å². The minimum absolute atomic E-state index is 0.132. The van der Waals surface area contributed by atoms with Gasteiger partial charge in [-0.15, -0.1) is 0 Å². The smallest absolute Gasteiger partial charge is 0.310 e. The van der Waals surface area contributed by atoms with Crippen molar-refractivity contribution < 1.29 is 29.3 Å². The number of carboxylic acids is 2. The van der Waals surface area contributed by atoms with Gasteiger partial charge in [-0.25, -0.2) is 0 Å². The van der Waals surface area contributed by atoms with Crippen molar-refractivity contribution >= 4 is 17.9 Å². The molecule has 1 aliphatic rings. The molecular weight excluding hydrogens is 372 g/mol. The molecule has 0 aliphatic heterocycles. The van der Waals surface area contributed by atoms with E-state index in [0.717, 1.165) is 31.2 Å². The molecule has 0 aromatic heterocycles. The lowest BCUT2D eigenvalue weighted by molar-refractivity contribution is -0.172. The van der Waals surface area contributed by atoms with Gasteiger partial charge in [0.05, 0.1) is 18.3 Å². The molecule has 1 aromatic carbocycles. The first-order valence-electron chi connectivity index (χ1n) is 10.5. The molecule has 6 nitrogen and oxygen atoms in total. The Kier molecular flexibility index (Phi) is 8.23. The highest BCUT2D eigenvalue weighted by Gasteiger charge is 2.43. The second kappa shape index (κ2) is 10.4. The Labute approximate surface area is 172 Å². The van der Waals surface area contributed by atoms with Gasteiger partial charge in [-0.2, -0.15) is 0 Å². The molecule has 2 N–H and O–H groups in total. The molecule has 0 radical (unpaired) electrons. The fourth-order valence-corrected chi connectivity index (χ4v) is 4.39. The van der Waals surface area contributed by atoms with Crippen molar-refractivity contribution in [3.05, 3.63) is 35.9 Å². The third kappa shape index (κ3) is 6.05. The van der Waals surface area contributed by atoms with Gasteiger partial charge in [0.1, 0.15) is 6.10 Å². The van der Waals surface area contributed by atoms with Crippen LogP contribution in [0.15, 0.2) is 30.3 Å². The zero-order valence-electron chi connectivity index (χ0n) is 17.3. The summed E-state index contributed by atoms with van der Waals surface area (Å²) in [5.41, 5.74) is -0.0462. The van der Waals surface area contributed by atoms with Crippen LogP contribution in [0.3, 0.4) is 0 Å².